The summed E-state index contributed by atoms with van der Waals surface area (Å²) in [6.07, 6.45) is 1.78. The van der Waals surface area contributed by atoms with Gasteiger partial charge in [0.15, 0.2) is 23.3 Å². The molecule has 128 valence electrons. The van der Waals surface area contributed by atoms with Crippen LogP contribution >= 0.6 is 34.4 Å². The molecule has 0 bridgehead atoms. The first-order valence-corrected chi connectivity index (χ1v) is 9.40. The summed E-state index contributed by atoms with van der Waals surface area (Å²) in [6, 6.07) is 7.21. The van der Waals surface area contributed by atoms with Crippen LogP contribution in [-0.4, -0.2) is 29.4 Å². The van der Waals surface area contributed by atoms with Crippen molar-refractivity contribution in [3.05, 3.63) is 31.6 Å². The van der Waals surface area contributed by atoms with Gasteiger partial charge in [-0.25, -0.2) is 4.98 Å². The molecule has 9 heteroatoms. The Balaban J connectivity index is 2.69. The van der Waals surface area contributed by atoms with Crippen molar-refractivity contribution < 1.29 is 9.47 Å². The predicted octanol–water partition coefficient (Wildman–Crippen LogP) is 2.94. The molecule has 2 rings (SSSR count). The van der Waals surface area contributed by atoms with Crippen molar-refractivity contribution in [1.82, 2.24) is 9.97 Å². The summed E-state index contributed by atoms with van der Waals surface area (Å²) in [5.41, 5.74) is 0.285. The summed E-state index contributed by atoms with van der Waals surface area (Å²) in [6.45, 7) is 2.11. The lowest BCUT2D eigenvalue weighted by atomic mass is 10.1. The zero-order valence-electron chi connectivity index (χ0n) is 13.4. The van der Waals surface area contributed by atoms with Crippen LogP contribution in [0.3, 0.4) is 0 Å². The molecule has 7 nitrogen and oxygen atoms in total. The van der Waals surface area contributed by atoms with Gasteiger partial charge in [-0.1, -0.05) is 11.8 Å². The highest BCUT2D eigenvalue weighted by Gasteiger charge is 2.18. The van der Waals surface area contributed by atoms with Crippen LogP contribution in [0.4, 0.5) is 0 Å². The lowest BCUT2D eigenvalue weighted by Crippen LogP contribution is -2.14. The van der Waals surface area contributed by atoms with Gasteiger partial charge in [0.1, 0.15) is 17.7 Å². The van der Waals surface area contributed by atoms with E-state index in [1.54, 1.807) is 18.4 Å². The molecular formula is C16H13IN4O3S. The molecule has 0 aliphatic heterocycles. The number of nitrogens with one attached hydrogen (secondary N) is 1. The van der Waals surface area contributed by atoms with E-state index in [1.807, 2.05) is 19.1 Å². The molecule has 25 heavy (non-hydrogen) atoms. The Hall–Kier alpha value is -2.24. The van der Waals surface area contributed by atoms with E-state index in [4.69, 9.17) is 14.7 Å². The fraction of sp³-hybridized carbons (Fsp3) is 0.250. The average Bonchev–Trinajstić information content (AvgIpc) is 2.60. The van der Waals surface area contributed by atoms with E-state index in [2.05, 4.69) is 32.6 Å². The summed E-state index contributed by atoms with van der Waals surface area (Å²) in [5, 5.41) is 18.5. The molecule has 1 N–H and O–H groups in total. The Bertz CT molecular complexity index is 931. The van der Waals surface area contributed by atoms with E-state index >= 15 is 0 Å². The second kappa shape index (κ2) is 8.74. The van der Waals surface area contributed by atoms with Gasteiger partial charge in [0.25, 0.3) is 5.56 Å². The number of ether oxygens (including phenoxy) is 2. The molecule has 0 atom stereocenters. The molecule has 1 aromatic heterocycles. The summed E-state index contributed by atoms with van der Waals surface area (Å²) in [4.78, 5) is 19.0. The topological polar surface area (TPSA) is 112 Å². The number of nitriles is 2. The van der Waals surface area contributed by atoms with Crippen LogP contribution in [0, 0.1) is 26.2 Å². The largest absolute Gasteiger partial charge is 0.490 e. The summed E-state index contributed by atoms with van der Waals surface area (Å²) < 4.78 is 11.7. The maximum Gasteiger partial charge on any atom is 0.270 e. The van der Waals surface area contributed by atoms with Gasteiger partial charge in [-0.05, 0) is 47.9 Å². The van der Waals surface area contributed by atoms with Crippen molar-refractivity contribution in [3.63, 3.8) is 0 Å². The number of hydrogen-bond acceptors (Lipinski definition) is 7. The summed E-state index contributed by atoms with van der Waals surface area (Å²) in [5.74, 6) is 0.873. The number of aromatic amines is 1. The molecule has 0 saturated heterocycles. The van der Waals surface area contributed by atoms with Crippen molar-refractivity contribution >= 4 is 34.4 Å². The molecule has 0 spiro atoms. The highest BCUT2D eigenvalue weighted by atomic mass is 127. The lowest BCUT2D eigenvalue weighted by molar-refractivity contribution is 0.297. The molecule has 0 unspecified atom stereocenters. The van der Waals surface area contributed by atoms with Crippen LogP contribution in [0.2, 0.25) is 0 Å². The average molecular weight is 468 g/mol. The third-order valence-electron chi connectivity index (χ3n) is 3.07. The minimum absolute atomic E-state index is 0.0678. The highest BCUT2D eigenvalue weighted by molar-refractivity contribution is 14.1. The van der Waals surface area contributed by atoms with Gasteiger partial charge in [0, 0.05) is 5.56 Å². The molecule has 2 aromatic rings. The SMILES string of the molecule is CCOc1cc(-c2nc(SC)[nH]c(=O)c2C#N)cc(I)c1OCC#N. The summed E-state index contributed by atoms with van der Waals surface area (Å²) >= 11 is 3.33. The number of rotatable bonds is 6. The first-order valence-electron chi connectivity index (χ1n) is 7.10. The minimum Gasteiger partial charge on any atom is -0.490 e. The quantitative estimate of drug-likeness (QED) is 0.394. The zero-order valence-corrected chi connectivity index (χ0v) is 16.4. The van der Waals surface area contributed by atoms with Crippen LogP contribution in [0.5, 0.6) is 11.5 Å². The van der Waals surface area contributed by atoms with E-state index in [-0.39, 0.29) is 17.9 Å². The molecule has 1 heterocycles. The van der Waals surface area contributed by atoms with Crippen molar-refractivity contribution in [3.8, 4) is 34.9 Å². The van der Waals surface area contributed by atoms with Gasteiger partial charge in [-0.2, -0.15) is 10.5 Å². The first-order chi connectivity index (χ1) is 12.0. The monoisotopic (exact) mass is 468 g/mol. The second-order valence-electron chi connectivity index (χ2n) is 4.58. The number of halogens is 1. The number of benzene rings is 1. The fourth-order valence-electron chi connectivity index (χ4n) is 2.07. The number of nitrogens with zero attached hydrogens (tertiary/aromatic N) is 3. The standard InChI is InChI=1S/C16H13IN4O3S/c1-3-23-12-7-9(6-11(17)14(12)24-5-4-18)13-10(8-19)15(22)21-16(20-13)25-2/h6-7H,3,5H2,1-2H3,(H,20,21,22). The maximum atomic E-state index is 12.1. The number of aromatic nitrogens is 2. The molecule has 0 saturated carbocycles. The molecule has 0 aliphatic rings. The molecular weight excluding hydrogens is 455 g/mol. The number of H-pyrrole nitrogens is 1. The van der Waals surface area contributed by atoms with E-state index in [1.165, 1.54) is 11.8 Å². The molecule has 0 radical (unpaired) electrons. The van der Waals surface area contributed by atoms with E-state index in [0.29, 0.717) is 32.4 Å². The molecule has 0 aliphatic carbocycles. The van der Waals surface area contributed by atoms with Gasteiger partial charge in [0.2, 0.25) is 0 Å². The van der Waals surface area contributed by atoms with Crippen LogP contribution in [0.25, 0.3) is 11.3 Å². The Morgan fingerprint density at radius 2 is 2.12 bits per heavy atom. The third kappa shape index (κ3) is 4.24. The lowest BCUT2D eigenvalue weighted by Gasteiger charge is -2.14. The Morgan fingerprint density at radius 1 is 1.36 bits per heavy atom. The molecule has 1 aromatic carbocycles. The maximum absolute atomic E-state index is 12.1. The van der Waals surface area contributed by atoms with E-state index < -0.39 is 5.56 Å². The number of thioether (sulfide) groups is 1. The van der Waals surface area contributed by atoms with Crippen molar-refractivity contribution in [2.45, 2.75) is 12.1 Å². The summed E-state index contributed by atoms with van der Waals surface area (Å²) in [7, 11) is 0. The van der Waals surface area contributed by atoms with Gasteiger partial charge in [-0.15, -0.1) is 0 Å². The van der Waals surface area contributed by atoms with E-state index in [9.17, 15) is 10.1 Å². The third-order valence-corrected chi connectivity index (χ3v) is 4.45. The van der Waals surface area contributed by atoms with Crippen LogP contribution in [0.1, 0.15) is 12.5 Å². The Morgan fingerprint density at radius 3 is 2.72 bits per heavy atom. The van der Waals surface area contributed by atoms with Crippen molar-refractivity contribution in [2.75, 3.05) is 19.5 Å². The number of hydrogen-bond donors (Lipinski definition) is 1. The van der Waals surface area contributed by atoms with Gasteiger partial charge >= 0.3 is 0 Å². The predicted molar refractivity (Wildman–Crippen MR) is 102 cm³/mol. The molecule has 0 amide bonds. The van der Waals surface area contributed by atoms with Crippen molar-refractivity contribution in [2.24, 2.45) is 0 Å². The smallest absolute Gasteiger partial charge is 0.270 e. The van der Waals surface area contributed by atoms with E-state index in [0.717, 1.165) is 0 Å². The van der Waals surface area contributed by atoms with Gasteiger partial charge in [-0.3, -0.25) is 4.79 Å². The van der Waals surface area contributed by atoms with Crippen LogP contribution in [-0.2, 0) is 0 Å². The first kappa shape index (κ1) is 19.1. The Labute approximate surface area is 162 Å². The minimum atomic E-state index is -0.491. The zero-order chi connectivity index (χ0) is 18.4. The normalized spacial score (nSPS) is 9.96. The van der Waals surface area contributed by atoms with Crippen LogP contribution < -0.4 is 15.0 Å². The van der Waals surface area contributed by atoms with Gasteiger partial charge < -0.3 is 14.5 Å². The van der Waals surface area contributed by atoms with Crippen molar-refractivity contribution in [1.29, 1.82) is 10.5 Å². The molecule has 0 fully saturated rings. The second-order valence-corrected chi connectivity index (χ2v) is 6.53. The van der Waals surface area contributed by atoms with Gasteiger partial charge in [0.05, 0.1) is 15.9 Å². The Kier molecular flexibility index (Phi) is 6.67. The fourth-order valence-corrected chi connectivity index (χ4v) is 3.21. The van der Waals surface area contributed by atoms with Crippen LogP contribution in [0.15, 0.2) is 22.1 Å². The highest BCUT2D eigenvalue weighted by Crippen LogP contribution is 2.37.